The summed E-state index contributed by atoms with van der Waals surface area (Å²) in [5.41, 5.74) is 1.23. The van der Waals surface area contributed by atoms with Crippen molar-refractivity contribution in [2.75, 3.05) is 30.8 Å². The van der Waals surface area contributed by atoms with Crippen molar-refractivity contribution in [2.45, 2.75) is 58.5 Å². The molecule has 0 radical (unpaired) electrons. The number of likely N-dealkylation sites (tertiary alicyclic amines) is 1. The van der Waals surface area contributed by atoms with Gasteiger partial charge in [0.2, 0.25) is 0 Å². The molecule has 0 amide bonds. The zero-order valence-corrected chi connectivity index (χ0v) is 13.8. The summed E-state index contributed by atoms with van der Waals surface area (Å²) < 4.78 is 0. The highest BCUT2D eigenvalue weighted by Crippen LogP contribution is 2.25. The van der Waals surface area contributed by atoms with Crippen LogP contribution in [0.4, 0.5) is 11.6 Å². The molecule has 0 saturated carbocycles. The highest BCUT2D eigenvalue weighted by Gasteiger charge is 2.24. The van der Waals surface area contributed by atoms with Crippen molar-refractivity contribution >= 4 is 11.6 Å². The number of hydrogen-bond acceptors (Lipinski definition) is 5. The lowest BCUT2D eigenvalue weighted by atomic mass is 9.98. The van der Waals surface area contributed by atoms with Crippen molar-refractivity contribution in [3.05, 3.63) is 11.9 Å². The van der Waals surface area contributed by atoms with E-state index in [4.69, 9.17) is 0 Å². The third-order valence-corrected chi connectivity index (χ3v) is 4.34. The van der Waals surface area contributed by atoms with E-state index >= 15 is 0 Å². The Bertz CT molecular complexity index is 448. The molecule has 0 bridgehead atoms. The normalized spacial score (nSPS) is 23.0. The van der Waals surface area contributed by atoms with Crippen LogP contribution in [-0.2, 0) is 6.42 Å². The third kappa shape index (κ3) is 4.06. The molecule has 1 saturated heterocycles. The molecule has 1 aromatic heterocycles. The van der Waals surface area contributed by atoms with Crippen LogP contribution in [0.2, 0.25) is 0 Å². The Labute approximate surface area is 128 Å². The summed E-state index contributed by atoms with van der Waals surface area (Å²) in [5.74, 6) is 2.00. The van der Waals surface area contributed by atoms with Crippen LogP contribution in [0, 0.1) is 0 Å². The molecule has 118 valence electrons. The number of nitrogens with one attached hydrogen (secondary N) is 2. The first-order chi connectivity index (χ1) is 10.2. The predicted molar refractivity (Wildman–Crippen MR) is 88.9 cm³/mol. The zero-order chi connectivity index (χ0) is 15.2. The maximum absolute atomic E-state index is 4.50. The quantitative estimate of drug-likeness (QED) is 0.844. The molecule has 1 aliphatic heterocycles. The molecule has 1 fully saturated rings. The van der Waals surface area contributed by atoms with Gasteiger partial charge in [0, 0.05) is 30.7 Å². The summed E-state index contributed by atoms with van der Waals surface area (Å²) in [6.45, 7) is 8.63. The molecular weight excluding hydrogens is 262 g/mol. The first-order valence-electron chi connectivity index (χ1n) is 8.20. The Balaban J connectivity index is 2.13. The Kier molecular flexibility index (Phi) is 5.79. The van der Waals surface area contributed by atoms with Gasteiger partial charge in [0.15, 0.2) is 0 Å². The highest BCUT2D eigenvalue weighted by atomic mass is 15.2. The molecule has 5 heteroatoms. The second kappa shape index (κ2) is 7.59. The largest absolute Gasteiger partial charge is 0.370 e. The van der Waals surface area contributed by atoms with E-state index in [1.54, 1.807) is 6.33 Å². The fraction of sp³-hybridized carbons (Fsp3) is 0.750. The molecule has 2 atom stereocenters. The summed E-state index contributed by atoms with van der Waals surface area (Å²) in [6.07, 6.45) is 6.12. The van der Waals surface area contributed by atoms with Gasteiger partial charge in [-0.15, -0.1) is 0 Å². The molecule has 21 heavy (non-hydrogen) atoms. The topological polar surface area (TPSA) is 53.1 Å². The Morgan fingerprint density at radius 3 is 2.71 bits per heavy atom. The van der Waals surface area contributed by atoms with Crippen LogP contribution in [0.1, 0.15) is 45.6 Å². The standard InChI is InChI=1S/C16H29N5/c1-5-7-14-15(17-6-2)18-11-19-16(14)20-13-8-9-21(4)12(3)10-13/h11-13H,5-10H2,1-4H3,(H2,17,18,19,20). The van der Waals surface area contributed by atoms with Gasteiger partial charge in [-0.1, -0.05) is 13.3 Å². The van der Waals surface area contributed by atoms with Crippen LogP contribution in [-0.4, -0.2) is 47.1 Å². The minimum absolute atomic E-state index is 0.510. The van der Waals surface area contributed by atoms with Gasteiger partial charge in [0.25, 0.3) is 0 Å². The number of rotatable bonds is 6. The smallest absolute Gasteiger partial charge is 0.134 e. The number of aromatic nitrogens is 2. The van der Waals surface area contributed by atoms with Gasteiger partial charge in [-0.25, -0.2) is 9.97 Å². The SMILES string of the molecule is CCCc1c(NCC)ncnc1NC1CCN(C)C(C)C1. The number of anilines is 2. The molecule has 5 nitrogen and oxygen atoms in total. The summed E-state index contributed by atoms with van der Waals surface area (Å²) in [6, 6.07) is 1.14. The number of nitrogens with zero attached hydrogens (tertiary/aromatic N) is 3. The van der Waals surface area contributed by atoms with Gasteiger partial charge in [-0.3, -0.25) is 0 Å². The second-order valence-corrected chi connectivity index (χ2v) is 6.03. The average molecular weight is 291 g/mol. The molecule has 1 aliphatic rings. The maximum Gasteiger partial charge on any atom is 0.134 e. The first-order valence-corrected chi connectivity index (χ1v) is 8.20. The Morgan fingerprint density at radius 1 is 1.29 bits per heavy atom. The Morgan fingerprint density at radius 2 is 2.05 bits per heavy atom. The van der Waals surface area contributed by atoms with Crippen molar-refractivity contribution in [3.63, 3.8) is 0 Å². The van der Waals surface area contributed by atoms with Crippen LogP contribution < -0.4 is 10.6 Å². The molecular formula is C16H29N5. The van der Waals surface area contributed by atoms with Crippen molar-refractivity contribution < 1.29 is 0 Å². The van der Waals surface area contributed by atoms with E-state index in [1.165, 1.54) is 18.4 Å². The molecule has 2 heterocycles. The van der Waals surface area contributed by atoms with Gasteiger partial charge in [0.1, 0.15) is 18.0 Å². The van der Waals surface area contributed by atoms with Gasteiger partial charge in [0.05, 0.1) is 0 Å². The summed E-state index contributed by atoms with van der Waals surface area (Å²) in [5, 5.41) is 7.02. The van der Waals surface area contributed by atoms with Gasteiger partial charge in [-0.2, -0.15) is 0 Å². The van der Waals surface area contributed by atoms with Crippen molar-refractivity contribution in [2.24, 2.45) is 0 Å². The van der Waals surface area contributed by atoms with Crippen molar-refractivity contribution in [1.82, 2.24) is 14.9 Å². The molecule has 1 aromatic rings. The van der Waals surface area contributed by atoms with E-state index in [1.807, 2.05) is 0 Å². The molecule has 0 aromatic carbocycles. The molecule has 0 spiro atoms. The van der Waals surface area contributed by atoms with Crippen molar-refractivity contribution in [1.29, 1.82) is 0 Å². The van der Waals surface area contributed by atoms with Gasteiger partial charge >= 0.3 is 0 Å². The summed E-state index contributed by atoms with van der Waals surface area (Å²) in [7, 11) is 2.21. The molecule has 0 aliphatic carbocycles. The lowest BCUT2D eigenvalue weighted by Crippen LogP contribution is -2.42. The van der Waals surface area contributed by atoms with E-state index in [2.05, 4.69) is 53.3 Å². The first kappa shape index (κ1) is 16.0. The van der Waals surface area contributed by atoms with E-state index in [0.717, 1.165) is 37.6 Å². The Hall–Kier alpha value is -1.36. The fourth-order valence-electron chi connectivity index (χ4n) is 2.96. The molecule has 2 rings (SSSR count). The zero-order valence-electron chi connectivity index (χ0n) is 13.8. The monoisotopic (exact) mass is 291 g/mol. The average Bonchev–Trinajstić information content (AvgIpc) is 2.46. The van der Waals surface area contributed by atoms with Crippen LogP contribution in [0.3, 0.4) is 0 Å². The van der Waals surface area contributed by atoms with Crippen molar-refractivity contribution in [3.8, 4) is 0 Å². The van der Waals surface area contributed by atoms with E-state index in [-0.39, 0.29) is 0 Å². The second-order valence-electron chi connectivity index (χ2n) is 6.03. The van der Waals surface area contributed by atoms with Gasteiger partial charge < -0.3 is 15.5 Å². The van der Waals surface area contributed by atoms with Crippen LogP contribution >= 0.6 is 0 Å². The van der Waals surface area contributed by atoms with Crippen LogP contribution in [0.5, 0.6) is 0 Å². The lowest BCUT2D eigenvalue weighted by molar-refractivity contribution is 0.190. The highest BCUT2D eigenvalue weighted by molar-refractivity contribution is 5.57. The predicted octanol–water partition coefficient (Wildman–Crippen LogP) is 2.76. The third-order valence-electron chi connectivity index (χ3n) is 4.34. The van der Waals surface area contributed by atoms with E-state index < -0.39 is 0 Å². The number of piperidine rings is 1. The van der Waals surface area contributed by atoms with E-state index in [9.17, 15) is 0 Å². The maximum atomic E-state index is 4.50. The summed E-state index contributed by atoms with van der Waals surface area (Å²) in [4.78, 5) is 11.3. The lowest BCUT2D eigenvalue weighted by Gasteiger charge is -2.35. The minimum Gasteiger partial charge on any atom is -0.370 e. The molecule has 2 N–H and O–H groups in total. The minimum atomic E-state index is 0.510. The fourth-order valence-corrected chi connectivity index (χ4v) is 2.96. The van der Waals surface area contributed by atoms with Crippen LogP contribution in [0.25, 0.3) is 0 Å². The van der Waals surface area contributed by atoms with Gasteiger partial charge in [-0.05, 0) is 40.2 Å². The summed E-state index contributed by atoms with van der Waals surface area (Å²) >= 11 is 0. The number of hydrogen-bond donors (Lipinski definition) is 2. The van der Waals surface area contributed by atoms with Crippen LogP contribution in [0.15, 0.2) is 6.33 Å². The molecule has 2 unspecified atom stereocenters. The van der Waals surface area contributed by atoms with E-state index in [0.29, 0.717) is 12.1 Å².